The van der Waals surface area contributed by atoms with Gasteiger partial charge in [-0.1, -0.05) is 6.07 Å². The van der Waals surface area contributed by atoms with Crippen molar-refractivity contribution in [2.45, 2.75) is 95.0 Å². The molecule has 15 nitrogen and oxygen atoms in total. The van der Waals surface area contributed by atoms with Crippen LogP contribution >= 0.6 is 0 Å². The predicted molar refractivity (Wildman–Crippen MR) is 263 cm³/mol. The molecule has 3 amide bonds. The molecule has 5 aromatic rings. The lowest BCUT2D eigenvalue weighted by Crippen LogP contribution is -2.61. The Morgan fingerprint density at radius 3 is 2.34 bits per heavy atom. The van der Waals surface area contributed by atoms with Gasteiger partial charge in [-0.25, -0.2) is 17.6 Å². The Balaban J connectivity index is 0.664. The van der Waals surface area contributed by atoms with Gasteiger partial charge in [-0.05, 0) is 117 Å². The molecule has 5 aliphatic heterocycles. The number of piperazine rings is 1. The van der Waals surface area contributed by atoms with E-state index < -0.39 is 40.7 Å². The van der Waals surface area contributed by atoms with Crippen LogP contribution in [0.1, 0.15) is 87.1 Å². The van der Waals surface area contributed by atoms with Crippen LogP contribution < -0.4 is 19.9 Å². The van der Waals surface area contributed by atoms with Crippen LogP contribution in [-0.4, -0.2) is 147 Å². The third-order valence-electron chi connectivity index (χ3n) is 17.0. The zero-order valence-electron chi connectivity index (χ0n) is 40.9. The number of aromatic nitrogens is 3. The van der Waals surface area contributed by atoms with E-state index in [9.17, 15) is 29.0 Å². The van der Waals surface area contributed by atoms with Gasteiger partial charge >= 0.3 is 6.01 Å². The summed E-state index contributed by atoms with van der Waals surface area (Å²) in [6.07, 6.45) is 7.71. The van der Waals surface area contributed by atoms with Gasteiger partial charge in [0.2, 0.25) is 11.8 Å². The number of halogens is 4. The number of anilines is 2. The van der Waals surface area contributed by atoms with Crippen LogP contribution in [0.15, 0.2) is 48.7 Å². The number of β-amino-alcohol motifs (C(OH)–C–C–N with tert-alkyl or cyclic N) is 1. The fourth-order valence-electron chi connectivity index (χ4n) is 12.7. The van der Waals surface area contributed by atoms with Crippen LogP contribution in [-0.2, 0) is 16.1 Å². The van der Waals surface area contributed by atoms with Crippen molar-refractivity contribution >= 4 is 50.9 Å². The molecule has 7 heterocycles. The number of carbonyl (C=O) groups is 3. The first kappa shape index (κ1) is 47.8. The van der Waals surface area contributed by atoms with Crippen LogP contribution in [0, 0.1) is 28.3 Å². The van der Waals surface area contributed by atoms with Gasteiger partial charge in [0, 0.05) is 112 Å². The number of pyridine rings is 1. The first-order valence-corrected chi connectivity index (χ1v) is 25.7. The first-order valence-electron chi connectivity index (χ1n) is 25.7. The molecular weight excluding hydrogens is 947 g/mol. The average Bonchev–Trinajstić information content (AvgIpc) is 4.05. The molecule has 12 rings (SSSR count). The zero-order chi connectivity index (χ0) is 50.6. The number of carbonyl (C=O) groups excluding carboxylic acids is 3. The van der Waals surface area contributed by atoms with E-state index in [-0.39, 0.29) is 86.9 Å². The Bertz CT molecular complexity index is 3080. The fraction of sp³-hybridized carbons (Fsp3) is 0.519. The van der Waals surface area contributed by atoms with E-state index in [1.807, 2.05) is 23.1 Å². The molecule has 0 bridgehead atoms. The Morgan fingerprint density at radius 2 is 1.60 bits per heavy atom. The maximum Gasteiger partial charge on any atom is 0.319 e. The van der Waals surface area contributed by atoms with Crippen LogP contribution in [0.5, 0.6) is 11.8 Å². The fourth-order valence-corrected chi connectivity index (χ4v) is 12.7. The number of rotatable bonds is 11. The van der Waals surface area contributed by atoms with Crippen molar-refractivity contribution in [2.75, 3.05) is 81.9 Å². The summed E-state index contributed by atoms with van der Waals surface area (Å²) in [4.78, 5) is 61.5. The number of benzene rings is 3. The number of aliphatic hydroxyl groups is 1. The number of imide groups is 1. The summed E-state index contributed by atoms with van der Waals surface area (Å²) in [6, 6.07) is 9.77. The minimum Gasteiger partial charge on any atom is -0.508 e. The van der Waals surface area contributed by atoms with Crippen molar-refractivity contribution in [3.05, 3.63) is 77.2 Å². The van der Waals surface area contributed by atoms with Crippen molar-refractivity contribution in [3.8, 4) is 23.0 Å². The lowest BCUT2D eigenvalue weighted by atomic mass is 9.64. The first-order chi connectivity index (χ1) is 34.9. The molecule has 384 valence electrons. The minimum atomic E-state index is -1.25. The highest BCUT2D eigenvalue weighted by Crippen LogP contribution is 2.53. The van der Waals surface area contributed by atoms with Crippen molar-refractivity contribution in [1.82, 2.24) is 35.0 Å². The van der Waals surface area contributed by atoms with Gasteiger partial charge in [-0.15, -0.1) is 0 Å². The lowest BCUT2D eigenvalue weighted by Gasteiger charge is -2.55. The topological polar surface area (TPSA) is 168 Å². The van der Waals surface area contributed by atoms with Gasteiger partial charge in [0.1, 0.15) is 34.5 Å². The van der Waals surface area contributed by atoms with Crippen LogP contribution in [0.2, 0.25) is 0 Å². The van der Waals surface area contributed by atoms with Crippen molar-refractivity contribution in [2.24, 2.45) is 10.8 Å². The normalized spacial score (nSPS) is 24.8. The summed E-state index contributed by atoms with van der Waals surface area (Å²) < 4.78 is 69.8. The molecule has 3 aromatic carbocycles. The van der Waals surface area contributed by atoms with Gasteiger partial charge in [-0.2, -0.15) is 9.97 Å². The standard InChI is InChI=1S/C54H59F4N9O6/c1-51(72)9-2-16-66(26-51)47-38-24-59-45(37-23-35(68)22-32-3-6-39(55)43(56)42(32)37)44(57)46(38)61-50(62-47)73-31-53(10-11-53)29-64-27-52(28-64)12-14-54(58,15-13-52)30-63-17-19-65(20-18-63)34-4-5-36-33(21-34)25-67(49(36)71)40-7-8-41(69)60-48(40)70/h3-6,21-24,40,68,72H,2,7-20,25-31H2,1H3,(H,60,69,70)/t40-,51+/m0/s1. The van der Waals surface area contributed by atoms with E-state index in [0.29, 0.717) is 63.1 Å². The van der Waals surface area contributed by atoms with Crippen LogP contribution in [0.3, 0.4) is 0 Å². The van der Waals surface area contributed by atoms with Gasteiger partial charge in [0.05, 0.1) is 17.6 Å². The number of likely N-dealkylation sites (tertiary alicyclic amines) is 1. The van der Waals surface area contributed by atoms with Crippen molar-refractivity contribution in [3.63, 3.8) is 0 Å². The van der Waals surface area contributed by atoms with Gasteiger partial charge < -0.3 is 34.5 Å². The number of piperidine rings is 2. The van der Waals surface area contributed by atoms with E-state index >= 15 is 13.2 Å². The second kappa shape index (κ2) is 17.8. The smallest absolute Gasteiger partial charge is 0.319 e. The molecule has 2 aromatic heterocycles. The number of fused-ring (bicyclic) bond motifs is 3. The average molecular weight is 1010 g/mol. The number of amides is 3. The summed E-state index contributed by atoms with van der Waals surface area (Å²) >= 11 is 0. The largest absolute Gasteiger partial charge is 0.508 e. The van der Waals surface area contributed by atoms with E-state index in [0.717, 1.165) is 94.9 Å². The quantitative estimate of drug-likeness (QED) is 0.0953. The Hall–Kier alpha value is -6.18. The summed E-state index contributed by atoms with van der Waals surface area (Å²) in [5, 5.41) is 24.1. The lowest BCUT2D eigenvalue weighted by molar-refractivity contribution is -0.136. The molecule has 2 aliphatic carbocycles. The molecule has 73 heavy (non-hydrogen) atoms. The molecule has 0 unspecified atom stereocenters. The second-order valence-corrected chi connectivity index (χ2v) is 22.6. The molecular formula is C54H59F4N9O6. The van der Waals surface area contributed by atoms with Crippen LogP contribution in [0.4, 0.5) is 29.1 Å². The van der Waals surface area contributed by atoms with E-state index in [1.165, 1.54) is 18.3 Å². The number of phenols is 1. The van der Waals surface area contributed by atoms with E-state index in [1.54, 1.807) is 11.8 Å². The number of phenolic OH excluding ortho intramolecular Hbond substituents is 1. The van der Waals surface area contributed by atoms with E-state index in [2.05, 4.69) is 30.0 Å². The number of ether oxygens (including phenoxy) is 1. The second-order valence-electron chi connectivity index (χ2n) is 22.6. The number of alkyl halides is 1. The van der Waals surface area contributed by atoms with Crippen molar-refractivity contribution < 1.29 is 46.9 Å². The van der Waals surface area contributed by atoms with Crippen molar-refractivity contribution in [1.29, 1.82) is 0 Å². The number of hydrogen-bond acceptors (Lipinski definition) is 13. The van der Waals surface area contributed by atoms with Gasteiger partial charge in [0.25, 0.3) is 5.91 Å². The molecule has 2 saturated carbocycles. The molecule has 7 aliphatic rings. The summed E-state index contributed by atoms with van der Waals surface area (Å²) in [6.45, 7) is 9.03. The summed E-state index contributed by atoms with van der Waals surface area (Å²) in [7, 11) is 0. The molecule has 1 spiro atoms. The molecule has 2 atom stereocenters. The molecule has 3 N–H and O–H groups in total. The zero-order valence-corrected chi connectivity index (χ0v) is 40.9. The number of nitrogens with zero attached hydrogens (tertiary/aromatic N) is 8. The Kier molecular flexibility index (Phi) is 11.6. The highest BCUT2D eigenvalue weighted by molar-refractivity contribution is 6.05. The molecule has 0 radical (unpaired) electrons. The van der Waals surface area contributed by atoms with Gasteiger partial charge in [0.15, 0.2) is 17.5 Å². The van der Waals surface area contributed by atoms with Gasteiger partial charge in [-0.3, -0.25) is 29.6 Å². The van der Waals surface area contributed by atoms with Crippen LogP contribution in [0.25, 0.3) is 32.9 Å². The monoisotopic (exact) mass is 1010 g/mol. The highest BCUT2D eigenvalue weighted by Gasteiger charge is 2.54. The number of nitrogens with one attached hydrogen (secondary N) is 1. The predicted octanol–water partition coefficient (Wildman–Crippen LogP) is 6.65. The molecule has 6 fully saturated rings. The third kappa shape index (κ3) is 8.98. The third-order valence-corrected chi connectivity index (χ3v) is 17.0. The summed E-state index contributed by atoms with van der Waals surface area (Å²) in [5.41, 5.74) is -0.503. The Morgan fingerprint density at radius 1 is 0.822 bits per heavy atom. The number of hydrogen-bond donors (Lipinski definition) is 3. The maximum absolute atomic E-state index is 16.9. The summed E-state index contributed by atoms with van der Waals surface area (Å²) in [5.74, 6) is -4.10. The Labute approximate surface area is 419 Å². The molecule has 4 saturated heterocycles. The highest BCUT2D eigenvalue weighted by atomic mass is 19.2. The van der Waals surface area contributed by atoms with E-state index in [4.69, 9.17) is 9.72 Å². The minimum absolute atomic E-state index is 0.0536. The maximum atomic E-state index is 16.9. The number of aromatic hydroxyl groups is 1. The molecule has 19 heteroatoms. The SMILES string of the molecule is C[C@@]1(O)CCCN(c2nc(OCC3(CN4CC5(CCC(F)(CN6CCN(c7ccc8c(c7)CN([C@H]7CCC(=O)NC7=O)C8=O)CC6)CC5)C4)CC3)nc3c(F)c(-c4cc(O)cc5ccc(F)c(F)c45)ncc23)C1.